The van der Waals surface area contributed by atoms with Gasteiger partial charge in [0.05, 0.1) is 11.0 Å². The fourth-order valence-corrected chi connectivity index (χ4v) is 1.56. The van der Waals surface area contributed by atoms with Crippen molar-refractivity contribution in [2.24, 2.45) is 0 Å². The van der Waals surface area contributed by atoms with Crippen LogP contribution >= 0.6 is 23.2 Å². The fraction of sp³-hybridized carbons (Fsp3) is 0.0909. The molecule has 0 fully saturated rings. The van der Waals surface area contributed by atoms with E-state index in [1.807, 2.05) is 24.3 Å². The predicted octanol–water partition coefficient (Wildman–Crippen LogP) is 3.88. The van der Waals surface area contributed by atoms with Crippen molar-refractivity contribution in [1.29, 1.82) is 0 Å². The summed E-state index contributed by atoms with van der Waals surface area (Å²) in [5, 5.41) is 0.996. The van der Waals surface area contributed by atoms with Gasteiger partial charge in [-0.3, -0.25) is 0 Å². The smallest absolute Gasteiger partial charge is 0.155 e. The quantitative estimate of drug-likeness (QED) is 0.754. The van der Waals surface area contributed by atoms with Crippen molar-refractivity contribution >= 4 is 40.3 Å². The van der Waals surface area contributed by atoms with Crippen molar-refractivity contribution in [2.45, 2.75) is 6.92 Å². The summed E-state index contributed by atoms with van der Waals surface area (Å²) in [5.74, 6) is 0. The maximum absolute atomic E-state index is 5.97. The molecule has 1 aromatic carbocycles. The van der Waals surface area contributed by atoms with E-state index in [4.69, 9.17) is 23.2 Å². The van der Waals surface area contributed by atoms with Crippen LogP contribution < -0.4 is 0 Å². The molecule has 2 nitrogen and oxygen atoms in total. The average molecular weight is 239 g/mol. The minimum absolute atomic E-state index is 0.369. The Kier molecular flexibility index (Phi) is 2.89. The first-order chi connectivity index (χ1) is 7.16. The summed E-state index contributed by atoms with van der Waals surface area (Å²) in [6.45, 7) is 1.77. The van der Waals surface area contributed by atoms with Gasteiger partial charge in [0.15, 0.2) is 5.15 Å². The van der Waals surface area contributed by atoms with E-state index in [0.29, 0.717) is 15.9 Å². The molecule has 0 aliphatic rings. The molecule has 0 N–H and O–H groups in total. The zero-order valence-electron chi connectivity index (χ0n) is 8.04. The van der Waals surface area contributed by atoms with Crippen LogP contribution in [-0.2, 0) is 0 Å². The summed E-state index contributed by atoms with van der Waals surface area (Å²) >= 11 is 11.7. The molecule has 2 rings (SSSR count). The molecule has 0 spiro atoms. The van der Waals surface area contributed by atoms with Crippen molar-refractivity contribution in [1.82, 2.24) is 9.97 Å². The van der Waals surface area contributed by atoms with E-state index in [2.05, 4.69) is 9.97 Å². The van der Waals surface area contributed by atoms with Gasteiger partial charge in [-0.25, -0.2) is 9.97 Å². The Morgan fingerprint density at radius 3 is 2.40 bits per heavy atom. The van der Waals surface area contributed by atoms with Crippen LogP contribution in [0.15, 0.2) is 29.3 Å². The van der Waals surface area contributed by atoms with Crippen LogP contribution in [0.2, 0.25) is 5.15 Å². The monoisotopic (exact) mass is 238 g/mol. The molecule has 0 unspecified atom stereocenters. The molecule has 0 saturated carbocycles. The van der Waals surface area contributed by atoms with Gasteiger partial charge < -0.3 is 0 Å². The van der Waals surface area contributed by atoms with Crippen LogP contribution in [0.25, 0.3) is 17.1 Å². The third-order valence-electron chi connectivity index (χ3n) is 1.89. The van der Waals surface area contributed by atoms with E-state index < -0.39 is 0 Å². The molecule has 0 radical (unpaired) electrons. The molecule has 0 saturated heterocycles. The van der Waals surface area contributed by atoms with Gasteiger partial charge in [0.2, 0.25) is 0 Å². The Morgan fingerprint density at radius 2 is 1.80 bits per heavy atom. The SMILES string of the molecule is C/C(Cl)=C/c1nc2ccccc2nc1Cl. The standard InChI is InChI=1S/C11H8Cl2N2/c1-7(12)6-10-11(13)15-9-5-3-2-4-8(9)14-10/h2-6H,1H3/b7-6-. The van der Waals surface area contributed by atoms with E-state index in [0.717, 1.165) is 11.0 Å². The first-order valence-corrected chi connectivity index (χ1v) is 5.18. The molecular formula is C11H8Cl2N2. The molecule has 1 aromatic heterocycles. The number of nitrogens with zero attached hydrogens (tertiary/aromatic N) is 2. The topological polar surface area (TPSA) is 25.8 Å². The van der Waals surface area contributed by atoms with Crippen molar-refractivity contribution in [3.05, 3.63) is 40.1 Å². The number of halogens is 2. The highest BCUT2D eigenvalue weighted by Gasteiger charge is 2.03. The summed E-state index contributed by atoms with van der Waals surface area (Å²) in [5.41, 5.74) is 2.20. The molecular weight excluding hydrogens is 231 g/mol. The van der Waals surface area contributed by atoms with Gasteiger partial charge in [-0.05, 0) is 25.1 Å². The molecule has 0 amide bonds. The van der Waals surface area contributed by atoms with Crippen LogP contribution in [0.1, 0.15) is 12.6 Å². The van der Waals surface area contributed by atoms with Gasteiger partial charge >= 0.3 is 0 Å². The summed E-state index contributed by atoms with van der Waals surface area (Å²) in [6.07, 6.45) is 1.70. The highest BCUT2D eigenvalue weighted by Crippen LogP contribution is 2.19. The number of aromatic nitrogens is 2. The van der Waals surface area contributed by atoms with Crippen LogP contribution in [0.3, 0.4) is 0 Å². The Labute approximate surface area is 97.6 Å². The van der Waals surface area contributed by atoms with Gasteiger partial charge in [-0.15, -0.1) is 0 Å². The first-order valence-electron chi connectivity index (χ1n) is 4.43. The molecule has 4 heteroatoms. The minimum Gasteiger partial charge on any atom is -0.243 e. The van der Waals surface area contributed by atoms with Crippen LogP contribution in [-0.4, -0.2) is 9.97 Å². The zero-order chi connectivity index (χ0) is 10.8. The van der Waals surface area contributed by atoms with Crippen molar-refractivity contribution in [3.63, 3.8) is 0 Å². The minimum atomic E-state index is 0.369. The average Bonchev–Trinajstić information content (AvgIpc) is 2.18. The van der Waals surface area contributed by atoms with E-state index >= 15 is 0 Å². The normalized spacial score (nSPS) is 12.1. The summed E-state index contributed by atoms with van der Waals surface area (Å²) in [6, 6.07) is 7.57. The third-order valence-corrected chi connectivity index (χ3v) is 2.28. The molecule has 1 heterocycles. The second-order valence-electron chi connectivity index (χ2n) is 3.12. The summed E-state index contributed by atoms with van der Waals surface area (Å²) < 4.78 is 0. The lowest BCUT2D eigenvalue weighted by atomic mass is 10.3. The Balaban J connectivity index is 2.67. The van der Waals surface area contributed by atoms with E-state index in [-0.39, 0.29) is 0 Å². The molecule has 0 aliphatic carbocycles. The molecule has 0 atom stereocenters. The van der Waals surface area contributed by atoms with Gasteiger partial charge in [0.25, 0.3) is 0 Å². The molecule has 0 bridgehead atoms. The third kappa shape index (κ3) is 2.28. The molecule has 0 aliphatic heterocycles. The number of fused-ring (bicyclic) bond motifs is 1. The second-order valence-corrected chi connectivity index (χ2v) is 4.07. The summed E-state index contributed by atoms with van der Waals surface area (Å²) in [7, 11) is 0. The van der Waals surface area contributed by atoms with E-state index in [1.165, 1.54) is 0 Å². The first kappa shape index (κ1) is 10.4. The Hall–Kier alpha value is -1.12. The van der Waals surface area contributed by atoms with Crippen LogP contribution in [0.4, 0.5) is 0 Å². The number of hydrogen-bond donors (Lipinski definition) is 0. The van der Waals surface area contributed by atoms with Gasteiger partial charge in [0.1, 0.15) is 5.69 Å². The van der Waals surface area contributed by atoms with Gasteiger partial charge in [-0.1, -0.05) is 35.3 Å². The second kappa shape index (κ2) is 4.17. The van der Waals surface area contributed by atoms with Crippen molar-refractivity contribution in [3.8, 4) is 0 Å². The fourth-order valence-electron chi connectivity index (χ4n) is 1.27. The number of rotatable bonds is 1. The van der Waals surface area contributed by atoms with Crippen molar-refractivity contribution < 1.29 is 0 Å². The lowest BCUT2D eigenvalue weighted by Gasteiger charge is -2.00. The lowest BCUT2D eigenvalue weighted by molar-refractivity contribution is 1.26. The zero-order valence-corrected chi connectivity index (χ0v) is 9.55. The Morgan fingerprint density at radius 1 is 1.20 bits per heavy atom. The van der Waals surface area contributed by atoms with Gasteiger partial charge in [0, 0.05) is 5.03 Å². The number of hydrogen-bond acceptors (Lipinski definition) is 2. The number of para-hydroxylation sites is 2. The molecule has 15 heavy (non-hydrogen) atoms. The lowest BCUT2D eigenvalue weighted by Crippen LogP contribution is -1.89. The number of allylic oxidation sites excluding steroid dienone is 1. The molecule has 2 aromatic rings. The number of benzene rings is 1. The summed E-state index contributed by atoms with van der Waals surface area (Å²) in [4.78, 5) is 8.59. The van der Waals surface area contributed by atoms with Crippen molar-refractivity contribution in [2.75, 3.05) is 0 Å². The van der Waals surface area contributed by atoms with Gasteiger partial charge in [-0.2, -0.15) is 0 Å². The Bertz CT molecular complexity index is 531. The highest BCUT2D eigenvalue weighted by molar-refractivity contribution is 6.33. The predicted molar refractivity (Wildman–Crippen MR) is 64.1 cm³/mol. The highest BCUT2D eigenvalue weighted by atomic mass is 35.5. The maximum atomic E-state index is 5.97. The molecule has 76 valence electrons. The van der Waals surface area contributed by atoms with E-state index in [1.54, 1.807) is 13.0 Å². The van der Waals surface area contributed by atoms with Crippen LogP contribution in [0.5, 0.6) is 0 Å². The van der Waals surface area contributed by atoms with E-state index in [9.17, 15) is 0 Å². The largest absolute Gasteiger partial charge is 0.243 e. The maximum Gasteiger partial charge on any atom is 0.155 e. The van der Waals surface area contributed by atoms with Crippen LogP contribution in [0, 0.1) is 0 Å².